The number of nitrogens with zero attached hydrogens (tertiary/aromatic N) is 1. The summed E-state index contributed by atoms with van der Waals surface area (Å²) in [4.78, 5) is 28.1. The second-order valence-electron chi connectivity index (χ2n) is 8.32. The number of carboxylic acids is 1. The molecule has 0 saturated heterocycles. The zero-order valence-electron chi connectivity index (χ0n) is 18.1. The van der Waals surface area contributed by atoms with Crippen LogP contribution in [0.2, 0.25) is 0 Å². The van der Waals surface area contributed by atoms with Gasteiger partial charge in [-0.3, -0.25) is 4.79 Å². The number of aliphatic hydroxyl groups excluding tert-OH is 1. The summed E-state index contributed by atoms with van der Waals surface area (Å²) in [6.45, 7) is 3.74. The van der Waals surface area contributed by atoms with Crippen LogP contribution < -0.4 is 15.6 Å². The van der Waals surface area contributed by atoms with Gasteiger partial charge in [-0.05, 0) is 48.6 Å². The minimum absolute atomic E-state index is 0.0972. The number of carboxylic acid groups (broad SMARTS) is 1. The van der Waals surface area contributed by atoms with Crippen LogP contribution >= 0.6 is 11.3 Å². The average molecular weight is 456 g/mol. The van der Waals surface area contributed by atoms with Gasteiger partial charge in [-0.25, -0.2) is 4.98 Å². The van der Waals surface area contributed by atoms with Crippen molar-refractivity contribution in [1.29, 1.82) is 0 Å². The van der Waals surface area contributed by atoms with Gasteiger partial charge in [0.2, 0.25) is 0 Å². The molecule has 170 valence electrons. The van der Waals surface area contributed by atoms with E-state index in [4.69, 9.17) is 10.5 Å². The highest BCUT2D eigenvalue weighted by molar-refractivity contribution is 7.20. The smallest absolute Gasteiger partial charge is 0.279 e. The number of nitrogens with two attached hydrogens (primary N) is 1. The van der Waals surface area contributed by atoms with Crippen LogP contribution in [0.5, 0.6) is 10.9 Å². The normalized spacial score (nSPS) is 14.3. The number of aromatic nitrogens is 1. The molecule has 3 atom stereocenters. The van der Waals surface area contributed by atoms with E-state index in [9.17, 15) is 19.8 Å². The maximum atomic E-state index is 12.4. The van der Waals surface area contributed by atoms with Crippen molar-refractivity contribution in [2.24, 2.45) is 17.6 Å². The lowest BCUT2D eigenvalue weighted by Crippen LogP contribution is -2.44. The van der Waals surface area contributed by atoms with Gasteiger partial charge in [0.05, 0.1) is 10.2 Å². The third-order valence-electron chi connectivity index (χ3n) is 5.15. The van der Waals surface area contributed by atoms with Gasteiger partial charge in [-0.2, -0.15) is 0 Å². The maximum Gasteiger partial charge on any atom is 0.279 e. The molecule has 0 aliphatic rings. The van der Waals surface area contributed by atoms with Gasteiger partial charge in [0.15, 0.2) is 5.78 Å². The zero-order chi connectivity index (χ0) is 23.3. The van der Waals surface area contributed by atoms with Gasteiger partial charge in [0, 0.05) is 24.3 Å². The van der Waals surface area contributed by atoms with Crippen LogP contribution in [0.15, 0.2) is 48.5 Å². The van der Waals surface area contributed by atoms with Crippen molar-refractivity contribution in [1.82, 2.24) is 4.98 Å². The molecule has 0 saturated carbocycles. The summed E-state index contributed by atoms with van der Waals surface area (Å²) in [6.07, 6.45) is -1.16. The van der Waals surface area contributed by atoms with E-state index in [0.717, 1.165) is 15.8 Å². The van der Waals surface area contributed by atoms with Crippen molar-refractivity contribution in [3.8, 4) is 10.9 Å². The molecule has 0 bridgehead atoms. The van der Waals surface area contributed by atoms with Crippen LogP contribution in [-0.2, 0) is 16.0 Å². The molecule has 3 rings (SSSR count). The van der Waals surface area contributed by atoms with E-state index in [-0.39, 0.29) is 18.8 Å². The van der Waals surface area contributed by atoms with Crippen LogP contribution in [0, 0.1) is 11.8 Å². The van der Waals surface area contributed by atoms with Crippen molar-refractivity contribution in [2.75, 3.05) is 0 Å². The Kier molecular flexibility index (Phi) is 7.95. The highest BCUT2D eigenvalue weighted by Gasteiger charge is 2.26. The molecule has 0 aliphatic carbocycles. The summed E-state index contributed by atoms with van der Waals surface area (Å²) in [7, 11) is 0. The van der Waals surface area contributed by atoms with E-state index in [1.165, 1.54) is 11.3 Å². The fraction of sp³-hybridized carbons (Fsp3) is 0.375. The third-order valence-corrected chi connectivity index (χ3v) is 6.06. The highest BCUT2D eigenvalue weighted by atomic mass is 32.1. The summed E-state index contributed by atoms with van der Waals surface area (Å²) in [6, 6.07) is 14.1. The van der Waals surface area contributed by atoms with Crippen molar-refractivity contribution in [3.05, 3.63) is 54.1 Å². The number of rotatable bonds is 11. The molecule has 8 heteroatoms. The van der Waals surface area contributed by atoms with E-state index in [1.807, 2.05) is 50.2 Å². The Morgan fingerprint density at radius 1 is 1.16 bits per heavy atom. The fourth-order valence-electron chi connectivity index (χ4n) is 3.51. The Balaban J connectivity index is 1.56. The summed E-state index contributed by atoms with van der Waals surface area (Å²) in [5.74, 6) is -2.08. The predicted octanol–water partition coefficient (Wildman–Crippen LogP) is 2.69. The molecule has 0 spiro atoms. The summed E-state index contributed by atoms with van der Waals surface area (Å²) >= 11 is 1.45. The number of para-hydroxylation sites is 1. The van der Waals surface area contributed by atoms with Gasteiger partial charge in [-0.15, -0.1) is 0 Å². The molecule has 0 unspecified atom stereocenters. The quantitative estimate of drug-likeness (QED) is 0.455. The largest absolute Gasteiger partial charge is 0.550 e. The van der Waals surface area contributed by atoms with Gasteiger partial charge in [0.25, 0.3) is 5.19 Å². The van der Waals surface area contributed by atoms with E-state index in [2.05, 4.69) is 4.98 Å². The zero-order valence-corrected chi connectivity index (χ0v) is 18.9. The number of ketones is 1. The van der Waals surface area contributed by atoms with Gasteiger partial charge in [0.1, 0.15) is 11.9 Å². The average Bonchev–Trinajstić information content (AvgIpc) is 3.15. The van der Waals surface area contributed by atoms with Crippen molar-refractivity contribution in [2.45, 2.75) is 45.3 Å². The first-order chi connectivity index (χ1) is 15.2. The number of hydrogen-bond donors (Lipinski definition) is 2. The number of aliphatic hydroxyl groups is 1. The number of ether oxygens (including phenoxy) is 1. The lowest BCUT2D eigenvalue weighted by atomic mass is 9.89. The van der Waals surface area contributed by atoms with Crippen molar-refractivity contribution >= 4 is 33.3 Å². The Morgan fingerprint density at radius 3 is 2.47 bits per heavy atom. The predicted molar refractivity (Wildman–Crippen MR) is 121 cm³/mol. The number of hydrogen-bond acceptors (Lipinski definition) is 8. The first-order valence-corrected chi connectivity index (χ1v) is 11.3. The summed E-state index contributed by atoms with van der Waals surface area (Å²) < 4.78 is 6.86. The third kappa shape index (κ3) is 6.35. The van der Waals surface area contributed by atoms with Gasteiger partial charge >= 0.3 is 0 Å². The molecule has 7 nitrogen and oxygen atoms in total. The first-order valence-electron chi connectivity index (χ1n) is 10.5. The van der Waals surface area contributed by atoms with Crippen LogP contribution in [0.25, 0.3) is 10.2 Å². The number of thiazole rings is 1. The molecule has 2 aromatic carbocycles. The molecule has 0 fully saturated rings. The van der Waals surface area contributed by atoms with Crippen LogP contribution in [0.1, 0.15) is 32.3 Å². The Labute approximate surface area is 190 Å². The molecule has 0 radical (unpaired) electrons. The fourth-order valence-corrected chi connectivity index (χ4v) is 4.34. The number of fused-ring (bicyclic) bond motifs is 1. The summed E-state index contributed by atoms with van der Waals surface area (Å²) in [5.41, 5.74) is 7.73. The van der Waals surface area contributed by atoms with Crippen molar-refractivity contribution < 1.29 is 24.5 Å². The minimum Gasteiger partial charge on any atom is -0.550 e. The van der Waals surface area contributed by atoms with Gasteiger partial charge < -0.3 is 25.5 Å². The molecule has 1 aromatic heterocycles. The number of benzene rings is 2. The second-order valence-corrected chi connectivity index (χ2v) is 9.32. The number of carbonyl (C=O) groups is 2. The summed E-state index contributed by atoms with van der Waals surface area (Å²) in [5, 5.41) is 22.1. The number of Topliss-reactive ketones (excluding diaryl/α,β-unsaturated/α-hetero) is 1. The van der Waals surface area contributed by atoms with Crippen LogP contribution in [0.3, 0.4) is 0 Å². The maximum absolute atomic E-state index is 12.4. The van der Waals surface area contributed by atoms with E-state index in [0.29, 0.717) is 17.4 Å². The second kappa shape index (κ2) is 10.7. The number of aliphatic carboxylic acids is 1. The monoisotopic (exact) mass is 455 g/mol. The SMILES string of the molecule is CC(C)C[C@H](CC(=O)[C@@H](O)[C@H](N)Cc1ccc(Oc2nc3ccccc3s2)cc1)C(=O)[O-]. The molecule has 0 amide bonds. The molecule has 32 heavy (non-hydrogen) atoms. The van der Waals surface area contributed by atoms with Gasteiger partial charge in [-0.1, -0.05) is 49.4 Å². The van der Waals surface area contributed by atoms with Crippen LogP contribution in [0.4, 0.5) is 0 Å². The Bertz CT molecular complexity index is 1030. The minimum atomic E-state index is -1.44. The molecule has 3 aromatic rings. The standard InChI is InChI=1S/C24H28N2O5S/c1-14(2)11-16(23(29)30)13-20(27)22(28)18(25)12-15-7-9-17(10-8-15)31-24-26-19-5-3-4-6-21(19)32-24/h3-10,14,16,18,22,28H,11-13,25H2,1-2H3,(H,29,30)/p-1/t16-,18-,22+/m1/s1. The van der Waals surface area contributed by atoms with E-state index >= 15 is 0 Å². The molecule has 1 heterocycles. The Morgan fingerprint density at radius 2 is 1.84 bits per heavy atom. The van der Waals surface area contributed by atoms with Crippen LogP contribution in [-0.4, -0.2) is 34.0 Å². The van der Waals surface area contributed by atoms with E-state index < -0.39 is 29.8 Å². The number of carbonyl (C=O) groups excluding carboxylic acids is 2. The lowest BCUT2D eigenvalue weighted by Gasteiger charge is -2.23. The lowest BCUT2D eigenvalue weighted by molar-refractivity contribution is -0.312. The highest BCUT2D eigenvalue weighted by Crippen LogP contribution is 2.31. The topological polar surface area (TPSA) is 126 Å². The first kappa shape index (κ1) is 23.8. The Hall–Kier alpha value is -2.81. The molecular weight excluding hydrogens is 428 g/mol. The molecular formula is C24H27N2O5S-. The van der Waals surface area contributed by atoms with E-state index in [1.54, 1.807) is 12.1 Å². The molecule has 0 aliphatic heterocycles. The molecule has 3 N–H and O–H groups in total. The van der Waals surface area contributed by atoms with Crippen molar-refractivity contribution in [3.63, 3.8) is 0 Å².